The van der Waals surface area contributed by atoms with Gasteiger partial charge in [-0.15, -0.1) is 0 Å². The summed E-state index contributed by atoms with van der Waals surface area (Å²) < 4.78 is 5.93. The Bertz CT molecular complexity index is 1500. The topological polar surface area (TPSA) is 125 Å². The fraction of sp³-hybridized carbons (Fsp3) is 0.267. The molecule has 40 heavy (non-hydrogen) atoms. The number of benzene rings is 2. The largest absolute Gasteiger partial charge is 0.393 e. The highest BCUT2D eigenvalue weighted by Gasteiger charge is 2.34. The molecule has 1 aliphatic rings. The van der Waals surface area contributed by atoms with Crippen LogP contribution in [0.5, 0.6) is 0 Å². The van der Waals surface area contributed by atoms with Crippen molar-refractivity contribution in [1.82, 2.24) is 25.2 Å². The van der Waals surface area contributed by atoms with Gasteiger partial charge < -0.3 is 30.7 Å². The number of para-hydroxylation sites is 1. The summed E-state index contributed by atoms with van der Waals surface area (Å²) in [5, 5.41) is 20.3. The van der Waals surface area contributed by atoms with Crippen LogP contribution >= 0.6 is 0 Å². The van der Waals surface area contributed by atoms with Gasteiger partial charge in [-0.1, -0.05) is 36.4 Å². The molecule has 0 saturated carbocycles. The standard InChI is InChI=1S/C30H33N7O3/c1-37(2)15-4-7-27(39)34-24-12-13-32-26(17-24)25-6-3-5-21-18-33-29(36-28(21)25)35-23-10-8-22(9-11-23)30(20-38)19-31-14-16-40-30/h3-13,17-18,31,38H,14-16,19-20H2,1-2H3,(H,32,34,39)(H,33,35,36)/b7-4+. The van der Waals surface area contributed by atoms with Gasteiger partial charge in [0.1, 0.15) is 5.60 Å². The van der Waals surface area contributed by atoms with Gasteiger partial charge in [-0.25, -0.2) is 9.97 Å². The van der Waals surface area contributed by atoms with Gasteiger partial charge in [0.25, 0.3) is 0 Å². The summed E-state index contributed by atoms with van der Waals surface area (Å²) >= 11 is 0. The van der Waals surface area contributed by atoms with Crippen LogP contribution in [0.4, 0.5) is 17.3 Å². The molecule has 206 valence electrons. The van der Waals surface area contributed by atoms with Crippen molar-refractivity contribution in [2.24, 2.45) is 0 Å². The number of amides is 1. The lowest BCUT2D eigenvalue weighted by atomic mass is 9.93. The molecule has 10 heteroatoms. The highest BCUT2D eigenvalue weighted by Crippen LogP contribution is 2.30. The van der Waals surface area contributed by atoms with E-state index in [9.17, 15) is 9.90 Å². The molecule has 4 aromatic rings. The lowest BCUT2D eigenvalue weighted by Crippen LogP contribution is -2.49. The van der Waals surface area contributed by atoms with Gasteiger partial charge in [-0.05, 0) is 43.9 Å². The second-order valence-electron chi connectivity index (χ2n) is 9.90. The molecule has 10 nitrogen and oxygen atoms in total. The van der Waals surface area contributed by atoms with Gasteiger partial charge >= 0.3 is 0 Å². The Balaban J connectivity index is 1.36. The second kappa shape index (κ2) is 12.3. The molecule has 1 aliphatic heterocycles. The molecule has 0 radical (unpaired) electrons. The number of aliphatic hydroxyl groups is 1. The number of aliphatic hydroxyl groups excluding tert-OH is 1. The number of nitrogens with one attached hydrogen (secondary N) is 3. The number of aromatic nitrogens is 3. The van der Waals surface area contributed by atoms with E-state index in [-0.39, 0.29) is 12.5 Å². The van der Waals surface area contributed by atoms with Crippen molar-refractivity contribution in [2.75, 3.05) is 57.6 Å². The Kier molecular flexibility index (Phi) is 8.42. The summed E-state index contributed by atoms with van der Waals surface area (Å²) in [6.45, 7) is 2.45. The average Bonchev–Trinajstić information content (AvgIpc) is 2.97. The van der Waals surface area contributed by atoms with Crippen molar-refractivity contribution in [1.29, 1.82) is 0 Å². The maximum Gasteiger partial charge on any atom is 0.248 e. The number of rotatable bonds is 9. The highest BCUT2D eigenvalue weighted by atomic mass is 16.5. The molecular weight excluding hydrogens is 506 g/mol. The van der Waals surface area contributed by atoms with Crippen molar-refractivity contribution in [3.63, 3.8) is 0 Å². The van der Waals surface area contributed by atoms with Gasteiger partial charge in [0.15, 0.2) is 0 Å². The normalized spacial score (nSPS) is 17.4. The van der Waals surface area contributed by atoms with E-state index in [1.54, 1.807) is 18.5 Å². The Morgan fingerprint density at radius 2 is 2.00 bits per heavy atom. The molecule has 0 spiro atoms. The predicted octanol–water partition coefficient (Wildman–Crippen LogP) is 3.30. The van der Waals surface area contributed by atoms with E-state index in [4.69, 9.17) is 9.72 Å². The molecule has 1 atom stereocenters. The van der Waals surface area contributed by atoms with Crippen molar-refractivity contribution in [2.45, 2.75) is 5.60 Å². The van der Waals surface area contributed by atoms with Gasteiger partial charge in [-0.2, -0.15) is 0 Å². The number of likely N-dealkylation sites (N-methyl/N-ethyl adjacent to an activating group) is 1. The number of pyridine rings is 1. The van der Waals surface area contributed by atoms with Gasteiger partial charge in [-0.3, -0.25) is 9.78 Å². The minimum atomic E-state index is -0.741. The summed E-state index contributed by atoms with van der Waals surface area (Å²) in [7, 11) is 3.89. The van der Waals surface area contributed by atoms with Crippen molar-refractivity contribution >= 4 is 34.1 Å². The fourth-order valence-corrected chi connectivity index (χ4v) is 4.56. The number of hydrogen-bond acceptors (Lipinski definition) is 9. The van der Waals surface area contributed by atoms with Crippen LogP contribution in [0.2, 0.25) is 0 Å². The first-order chi connectivity index (χ1) is 19.5. The highest BCUT2D eigenvalue weighted by molar-refractivity contribution is 6.00. The quantitative estimate of drug-likeness (QED) is 0.237. The molecule has 5 rings (SSSR count). The Morgan fingerprint density at radius 3 is 2.75 bits per heavy atom. The maximum atomic E-state index is 12.3. The minimum absolute atomic E-state index is 0.102. The van der Waals surface area contributed by atoms with Crippen LogP contribution in [0.1, 0.15) is 5.56 Å². The number of hydrogen-bond donors (Lipinski definition) is 4. The third kappa shape index (κ3) is 6.32. The number of anilines is 3. The van der Waals surface area contributed by atoms with E-state index < -0.39 is 5.60 Å². The first-order valence-electron chi connectivity index (χ1n) is 13.1. The molecule has 1 saturated heterocycles. The molecule has 2 aromatic heterocycles. The molecule has 1 unspecified atom stereocenters. The third-order valence-electron chi connectivity index (χ3n) is 6.64. The van der Waals surface area contributed by atoms with E-state index in [0.717, 1.165) is 34.3 Å². The Labute approximate surface area is 233 Å². The number of carbonyl (C=O) groups is 1. The SMILES string of the molecule is CN(C)C/C=C/C(=O)Nc1ccnc(-c2cccc3cnc(Nc4ccc(C5(CO)CNCCO5)cc4)nc23)c1. The Morgan fingerprint density at radius 1 is 1.15 bits per heavy atom. The third-order valence-corrected chi connectivity index (χ3v) is 6.64. The van der Waals surface area contributed by atoms with Crippen LogP contribution in [0.3, 0.4) is 0 Å². The number of carbonyl (C=O) groups excluding carboxylic acids is 1. The first-order valence-corrected chi connectivity index (χ1v) is 13.1. The van der Waals surface area contributed by atoms with Crippen molar-refractivity contribution < 1.29 is 14.6 Å². The van der Waals surface area contributed by atoms with E-state index in [1.165, 1.54) is 6.08 Å². The summed E-state index contributed by atoms with van der Waals surface area (Å²) in [4.78, 5) is 28.1. The minimum Gasteiger partial charge on any atom is -0.393 e. The summed E-state index contributed by atoms with van der Waals surface area (Å²) in [6.07, 6.45) is 6.77. The van der Waals surface area contributed by atoms with Crippen LogP contribution in [0.25, 0.3) is 22.2 Å². The lowest BCUT2D eigenvalue weighted by molar-refractivity contribution is -0.111. The number of ether oxygens (including phenoxy) is 1. The number of nitrogens with zero attached hydrogens (tertiary/aromatic N) is 4. The molecule has 3 heterocycles. The smallest absolute Gasteiger partial charge is 0.248 e. The van der Waals surface area contributed by atoms with Gasteiger partial charge in [0, 0.05) is 60.4 Å². The zero-order chi connectivity index (χ0) is 28.0. The maximum absolute atomic E-state index is 12.3. The molecule has 0 bridgehead atoms. The van der Waals surface area contributed by atoms with E-state index in [1.807, 2.05) is 73.6 Å². The number of fused-ring (bicyclic) bond motifs is 1. The van der Waals surface area contributed by atoms with Crippen LogP contribution in [0.15, 0.2) is 79.1 Å². The van der Waals surface area contributed by atoms with Gasteiger partial charge in [0.2, 0.25) is 11.9 Å². The fourth-order valence-electron chi connectivity index (χ4n) is 4.56. The molecule has 2 aromatic carbocycles. The zero-order valence-corrected chi connectivity index (χ0v) is 22.6. The van der Waals surface area contributed by atoms with Crippen molar-refractivity contribution in [3.8, 4) is 11.3 Å². The van der Waals surface area contributed by atoms with E-state index in [0.29, 0.717) is 37.0 Å². The van der Waals surface area contributed by atoms with Crippen LogP contribution in [-0.2, 0) is 15.1 Å². The molecule has 0 aliphatic carbocycles. The van der Waals surface area contributed by atoms with Crippen LogP contribution in [-0.4, -0.2) is 77.8 Å². The summed E-state index contributed by atoms with van der Waals surface area (Å²) in [5.41, 5.74) is 3.86. The van der Waals surface area contributed by atoms with Crippen LogP contribution in [0, 0.1) is 0 Å². The van der Waals surface area contributed by atoms with Crippen molar-refractivity contribution in [3.05, 3.63) is 84.7 Å². The van der Waals surface area contributed by atoms with Gasteiger partial charge in [0.05, 0.1) is 24.4 Å². The first kappa shape index (κ1) is 27.4. The summed E-state index contributed by atoms with van der Waals surface area (Å²) in [6, 6.07) is 17.1. The van der Waals surface area contributed by atoms with E-state index in [2.05, 4.69) is 25.9 Å². The predicted molar refractivity (Wildman–Crippen MR) is 156 cm³/mol. The monoisotopic (exact) mass is 539 g/mol. The second-order valence-corrected chi connectivity index (χ2v) is 9.90. The molecular formula is C30H33N7O3. The lowest BCUT2D eigenvalue weighted by Gasteiger charge is -2.36. The van der Waals surface area contributed by atoms with Crippen LogP contribution < -0.4 is 16.0 Å². The van der Waals surface area contributed by atoms with E-state index >= 15 is 0 Å². The average molecular weight is 540 g/mol. The molecule has 1 amide bonds. The zero-order valence-electron chi connectivity index (χ0n) is 22.6. The molecule has 4 N–H and O–H groups in total. The Hall–Kier alpha value is -4.22. The molecule has 1 fully saturated rings. The summed E-state index contributed by atoms with van der Waals surface area (Å²) in [5.74, 6) is 0.239. The number of morpholine rings is 1.